The fourth-order valence-electron chi connectivity index (χ4n) is 1.91. The normalized spacial score (nSPS) is 13.6. The number of halogens is 3. The molecule has 0 spiro atoms. The Morgan fingerprint density at radius 3 is 2.00 bits per heavy atom. The molecule has 23 heavy (non-hydrogen) atoms. The second-order valence-electron chi connectivity index (χ2n) is 4.90. The van der Waals surface area contributed by atoms with Gasteiger partial charge in [0.2, 0.25) is 0 Å². The Labute approximate surface area is 131 Å². The van der Waals surface area contributed by atoms with E-state index in [0.29, 0.717) is 0 Å². The lowest BCUT2D eigenvalue weighted by atomic mass is 10.2. The zero-order valence-corrected chi connectivity index (χ0v) is 12.9. The molecule has 1 atom stereocenters. The Morgan fingerprint density at radius 1 is 1.00 bits per heavy atom. The summed E-state index contributed by atoms with van der Waals surface area (Å²) in [4.78, 5) is 0.0474. The Morgan fingerprint density at radius 2 is 1.52 bits per heavy atom. The average Bonchev–Trinajstić information content (AvgIpc) is 2.46. The number of nitrogens with two attached hydrogens (primary N) is 1. The minimum absolute atomic E-state index is 0.0474. The molecule has 0 aliphatic carbocycles. The van der Waals surface area contributed by atoms with Crippen LogP contribution in [0.1, 0.15) is 16.5 Å². The molecule has 0 saturated carbocycles. The molecule has 2 aromatic carbocycles. The molecule has 4 nitrogen and oxygen atoms in total. The Hall–Kier alpha value is -2.06. The number of sulfone groups is 1. The van der Waals surface area contributed by atoms with E-state index in [4.69, 9.17) is 5.73 Å². The first-order valence-electron chi connectivity index (χ1n) is 6.51. The molecule has 0 heterocycles. The number of aryl methyl sites for hydroxylation is 1. The minimum Gasteiger partial charge on any atom is -0.406 e. The molecule has 1 unspecified atom stereocenters. The highest BCUT2D eigenvalue weighted by molar-refractivity contribution is 7.91. The van der Waals surface area contributed by atoms with Crippen LogP contribution in [0.5, 0.6) is 5.75 Å². The zero-order valence-electron chi connectivity index (χ0n) is 12.0. The van der Waals surface area contributed by atoms with Gasteiger partial charge in [0.05, 0.1) is 4.90 Å². The van der Waals surface area contributed by atoms with Crippen molar-refractivity contribution in [3.05, 3.63) is 59.7 Å². The summed E-state index contributed by atoms with van der Waals surface area (Å²) in [6.45, 7) is 1.82. The van der Waals surface area contributed by atoms with Gasteiger partial charge in [0.1, 0.15) is 11.1 Å². The van der Waals surface area contributed by atoms with Crippen LogP contribution in [-0.4, -0.2) is 14.8 Å². The molecular weight excluding hydrogens is 331 g/mol. The van der Waals surface area contributed by atoms with E-state index in [9.17, 15) is 21.6 Å². The molecule has 8 heteroatoms. The lowest BCUT2D eigenvalue weighted by Crippen LogP contribution is -2.22. The van der Waals surface area contributed by atoms with Gasteiger partial charge in [-0.25, -0.2) is 8.42 Å². The second kappa shape index (κ2) is 6.21. The van der Waals surface area contributed by atoms with Crippen LogP contribution in [0, 0.1) is 6.92 Å². The number of hydrogen-bond acceptors (Lipinski definition) is 4. The van der Waals surface area contributed by atoms with E-state index in [-0.39, 0.29) is 10.5 Å². The first kappa shape index (κ1) is 17.3. The van der Waals surface area contributed by atoms with Crippen LogP contribution in [0.25, 0.3) is 0 Å². The van der Waals surface area contributed by atoms with Gasteiger partial charge in [0, 0.05) is 0 Å². The van der Waals surface area contributed by atoms with Crippen LogP contribution in [0.3, 0.4) is 0 Å². The quantitative estimate of drug-likeness (QED) is 0.923. The number of hydrogen-bond donors (Lipinski definition) is 1. The monoisotopic (exact) mass is 345 g/mol. The second-order valence-corrected chi connectivity index (χ2v) is 6.96. The number of alkyl halides is 3. The van der Waals surface area contributed by atoms with Gasteiger partial charge in [-0.3, -0.25) is 0 Å². The molecule has 0 aliphatic heterocycles. The standard InChI is InChI=1S/C15H14F3NO3S/c1-10-2-8-13(9-3-10)23(20,21)14(19)11-4-6-12(7-5-11)22-15(16,17)18/h2-9,14H,19H2,1H3. The van der Waals surface area contributed by atoms with E-state index >= 15 is 0 Å². The van der Waals surface area contributed by atoms with Crippen molar-refractivity contribution in [2.45, 2.75) is 23.6 Å². The maximum atomic E-state index is 12.4. The fraction of sp³-hybridized carbons (Fsp3) is 0.200. The van der Waals surface area contributed by atoms with Crippen LogP contribution in [-0.2, 0) is 9.84 Å². The SMILES string of the molecule is Cc1ccc(S(=O)(=O)C(N)c2ccc(OC(F)(F)F)cc2)cc1. The lowest BCUT2D eigenvalue weighted by molar-refractivity contribution is -0.274. The van der Waals surface area contributed by atoms with Crippen molar-refractivity contribution in [2.24, 2.45) is 5.73 Å². The van der Waals surface area contributed by atoms with E-state index in [1.807, 2.05) is 6.92 Å². The summed E-state index contributed by atoms with van der Waals surface area (Å²) >= 11 is 0. The van der Waals surface area contributed by atoms with Gasteiger partial charge in [-0.1, -0.05) is 29.8 Å². The molecular formula is C15H14F3NO3S. The van der Waals surface area contributed by atoms with E-state index in [1.54, 1.807) is 12.1 Å². The molecule has 0 radical (unpaired) electrons. The fourth-order valence-corrected chi connectivity index (χ4v) is 3.24. The van der Waals surface area contributed by atoms with Gasteiger partial charge in [0.15, 0.2) is 9.84 Å². The molecule has 0 aliphatic rings. The summed E-state index contributed by atoms with van der Waals surface area (Å²) in [5.41, 5.74) is 6.83. The first-order chi connectivity index (χ1) is 10.6. The zero-order chi connectivity index (χ0) is 17.3. The van der Waals surface area contributed by atoms with Crippen molar-refractivity contribution < 1.29 is 26.3 Å². The van der Waals surface area contributed by atoms with Crippen molar-refractivity contribution >= 4 is 9.84 Å². The molecule has 0 aromatic heterocycles. The predicted molar refractivity (Wildman–Crippen MR) is 78.4 cm³/mol. The molecule has 2 N–H and O–H groups in total. The Bertz CT molecular complexity index is 769. The van der Waals surface area contributed by atoms with Gasteiger partial charge in [0.25, 0.3) is 0 Å². The van der Waals surface area contributed by atoms with Crippen molar-refractivity contribution in [3.63, 3.8) is 0 Å². The summed E-state index contributed by atoms with van der Waals surface area (Å²) in [7, 11) is -3.84. The van der Waals surface area contributed by atoms with Gasteiger partial charge in [-0.2, -0.15) is 0 Å². The van der Waals surface area contributed by atoms with Crippen LogP contribution in [0.15, 0.2) is 53.4 Å². The summed E-state index contributed by atoms with van der Waals surface area (Å²) in [5.74, 6) is -0.443. The minimum atomic E-state index is -4.81. The smallest absolute Gasteiger partial charge is 0.406 e. The van der Waals surface area contributed by atoms with Gasteiger partial charge < -0.3 is 10.5 Å². The topological polar surface area (TPSA) is 69.4 Å². The molecule has 124 valence electrons. The highest BCUT2D eigenvalue weighted by atomic mass is 32.2. The van der Waals surface area contributed by atoms with Crippen molar-refractivity contribution in [2.75, 3.05) is 0 Å². The molecule has 2 rings (SSSR count). The number of ether oxygens (including phenoxy) is 1. The molecule has 2 aromatic rings. The van der Waals surface area contributed by atoms with Crippen molar-refractivity contribution in [1.82, 2.24) is 0 Å². The molecule has 0 bridgehead atoms. The third-order valence-electron chi connectivity index (χ3n) is 3.13. The van der Waals surface area contributed by atoms with Crippen LogP contribution in [0.4, 0.5) is 13.2 Å². The van der Waals surface area contributed by atoms with Crippen LogP contribution in [0.2, 0.25) is 0 Å². The average molecular weight is 345 g/mol. The van der Waals surface area contributed by atoms with Gasteiger partial charge in [-0.05, 0) is 36.8 Å². The van der Waals surface area contributed by atoms with E-state index < -0.39 is 27.3 Å². The predicted octanol–water partition coefficient (Wildman–Crippen LogP) is 3.32. The van der Waals surface area contributed by atoms with Crippen molar-refractivity contribution in [3.8, 4) is 5.75 Å². The summed E-state index contributed by atoms with van der Waals surface area (Å²) in [6, 6.07) is 10.6. The Balaban J connectivity index is 2.25. The molecule has 0 amide bonds. The molecule has 0 saturated heterocycles. The van der Waals surface area contributed by atoms with Gasteiger partial charge >= 0.3 is 6.36 Å². The van der Waals surface area contributed by atoms with Crippen LogP contribution < -0.4 is 10.5 Å². The highest BCUT2D eigenvalue weighted by Crippen LogP contribution is 2.28. The largest absolute Gasteiger partial charge is 0.573 e. The maximum absolute atomic E-state index is 12.4. The van der Waals surface area contributed by atoms with Crippen molar-refractivity contribution in [1.29, 1.82) is 0 Å². The van der Waals surface area contributed by atoms with Crippen LogP contribution >= 0.6 is 0 Å². The summed E-state index contributed by atoms with van der Waals surface area (Å²) in [6.07, 6.45) is -4.81. The number of benzene rings is 2. The van der Waals surface area contributed by atoms with E-state index in [2.05, 4.69) is 4.74 Å². The number of rotatable bonds is 4. The Kier molecular flexibility index (Phi) is 4.67. The maximum Gasteiger partial charge on any atom is 0.573 e. The first-order valence-corrected chi connectivity index (χ1v) is 8.06. The van der Waals surface area contributed by atoms with Gasteiger partial charge in [-0.15, -0.1) is 13.2 Å². The van der Waals surface area contributed by atoms with E-state index in [0.717, 1.165) is 17.7 Å². The van der Waals surface area contributed by atoms with E-state index in [1.165, 1.54) is 24.3 Å². The third-order valence-corrected chi connectivity index (χ3v) is 5.00. The third kappa shape index (κ3) is 4.23. The lowest BCUT2D eigenvalue weighted by Gasteiger charge is -2.15. The highest BCUT2D eigenvalue weighted by Gasteiger charge is 2.31. The molecule has 0 fully saturated rings. The summed E-state index contributed by atoms with van der Waals surface area (Å²) in [5, 5.41) is -1.38. The summed E-state index contributed by atoms with van der Waals surface area (Å²) < 4.78 is 64.9.